The summed E-state index contributed by atoms with van der Waals surface area (Å²) in [5, 5.41) is 3.37. The zero-order valence-corrected chi connectivity index (χ0v) is 10.3. The van der Waals surface area contributed by atoms with Gasteiger partial charge in [0.25, 0.3) is 0 Å². The Morgan fingerprint density at radius 3 is 2.67 bits per heavy atom. The Morgan fingerprint density at radius 2 is 2.13 bits per heavy atom. The Labute approximate surface area is 96.0 Å². The van der Waals surface area contributed by atoms with Crippen LogP contribution >= 0.6 is 11.8 Å². The van der Waals surface area contributed by atoms with E-state index in [9.17, 15) is 4.79 Å². The van der Waals surface area contributed by atoms with E-state index in [-0.39, 0.29) is 12.2 Å². The van der Waals surface area contributed by atoms with Crippen LogP contribution in [0.1, 0.15) is 33.1 Å². The topological polar surface area (TPSA) is 32.3 Å². The van der Waals surface area contributed by atoms with Gasteiger partial charge in [-0.1, -0.05) is 6.92 Å². The maximum atomic E-state index is 12.1. The van der Waals surface area contributed by atoms with Gasteiger partial charge in [0.2, 0.25) is 5.91 Å². The van der Waals surface area contributed by atoms with Crippen molar-refractivity contribution in [3.63, 3.8) is 0 Å². The number of hydrogen-bond donors (Lipinski definition) is 1. The van der Waals surface area contributed by atoms with Crippen molar-refractivity contribution in [2.45, 2.75) is 51.4 Å². The normalized spacial score (nSPS) is 33.7. The molecule has 2 unspecified atom stereocenters. The lowest BCUT2D eigenvalue weighted by molar-refractivity contribution is -0.132. The summed E-state index contributed by atoms with van der Waals surface area (Å²) in [6, 6.07) is 0.548. The molecule has 2 rings (SSSR count). The maximum Gasteiger partial charge on any atom is 0.241 e. The third-order valence-corrected chi connectivity index (χ3v) is 4.45. The molecule has 2 heterocycles. The zero-order valence-electron chi connectivity index (χ0n) is 9.53. The summed E-state index contributed by atoms with van der Waals surface area (Å²) in [5.41, 5.74) is 0. The molecule has 2 aliphatic heterocycles. The van der Waals surface area contributed by atoms with E-state index in [0.717, 1.165) is 6.42 Å². The summed E-state index contributed by atoms with van der Waals surface area (Å²) in [6.45, 7) is 4.18. The van der Waals surface area contributed by atoms with Crippen LogP contribution in [0.2, 0.25) is 0 Å². The van der Waals surface area contributed by atoms with Crippen LogP contribution in [0.3, 0.4) is 0 Å². The quantitative estimate of drug-likeness (QED) is 0.776. The lowest BCUT2D eigenvalue weighted by atomic mass is 10.1. The van der Waals surface area contributed by atoms with Crippen molar-refractivity contribution in [3.05, 3.63) is 0 Å². The third kappa shape index (κ3) is 2.16. The van der Waals surface area contributed by atoms with Gasteiger partial charge in [-0.05, 0) is 37.7 Å². The number of hydrogen-bond acceptors (Lipinski definition) is 3. The number of nitrogens with zero attached hydrogens (tertiary/aromatic N) is 1. The Hall–Kier alpha value is -0.220. The standard InChI is InChI=1S/C11H20N2OS/c1-3-10-11(14)13(8(2)12-10)9-4-6-15-7-5-9/h8-10,12H,3-7H2,1-2H3. The van der Waals surface area contributed by atoms with Crippen molar-refractivity contribution in [2.24, 2.45) is 0 Å². The minimum absolute atomic E-state index is 0.0644. The minimum Gasteiger partial charge on any atom is -0.323 e. The lowest BCUT2D eigenvalue weighted by Gasteiger charge is -2.33. The molecule has 1 amide bonds. The molecule has 2 fully saturated rings. The molecular formula is C11H20N2OS. The van der Waals surface area contributed by atoms with Gasteiger partial charge in [-0.2, -0.15) is 11.8 Å². The van der Waals surface area contributed by atoms with Crippen molar-refractivity contribution in [3.8, 4) is 0 Å². The van der Waals surface area contributed by atoms with Crippen LogP contribution in [0.25, 0.3) is 0 Å². The van der Waals surface area contributed by atoms with E-state index in [1.807, 2.05) is 11.8 Å². The first-order valence-corrected chi connectivity index (χ1v) is 7.05. The minimum atomic E-state index is 0.0644. The van der Waals surface area contributed by atoms with E-state index in [1.54, 1.807) is 0 Å². The van der Waals surface area contributed by atoms with Crippen LogP contribution in [-0.4, -0.2) is 40.6 Å². The van der Waals surface area contributed by atoms with E-state index in [1.165, 1.54) is 24.3 Å². The smallest absolute Gasteiger partial charge is 0.241 e. The number of carbonyl (C=O) groups excluding carboxylic acids is 1. The summed E-state index contributed by atoms with van der Waals surface area (Å²) >= 11 is 2.01. The van der Waals surface area contributed by atoms with E-state index >= 15 is 0 Å². The molecule has 0 aliphatic carbocycles. The van der Waals surface area contributed by atoms with Crippen molar-refractivity contribution in [2.75, 3.05) is 11.5 Å². The van der Waals surface area contributed by atoms with E-state index < -0.39 is 0 Å². The Balaban J connectivity index is 2.04. The van der Waals surface area contributed by atoms with Crippen LogP contribution < -0.4 is 5.32 Å². The molecule has 4 heteroatoms. The molecule has 2 aliphatic rings. The predicted molar refractivity (Wildman–Crippen MR) is 63.9 cm³/mol. The molecule has 2 atom stereocenters. The number of nitrogens with one attached hydrogen (secondary N) is 1. The molecule has 0 radical (unpaired) electrons. The molecule has 2 saturated heterocycles. The van der Waals surface area contributed by atoms with Crippen molar-refractivity contribution < 1.29 is 4.79 Å². The van der Waals surface area contributed by atoms with E-state index in [2.05, 4.69) is 24.1 Å². The molecule has 0 aromatic heterocycles. The predicted octanol–water partition coefficient (Wildman–Crippen LogP) is 1.44. The van der Waals surface area contributed by atoms with Gasteiger partial charge in [-0.3, -0.25) is 10.1 Å². The largest absolute Gasteiger partial charge is 0.323 e. The van der Waals surface area contributed by atoms with Gasteiger partial charge in [0.15, 0.2) is 0 Å². The van der Waals surface area contributed by atoms with E-state index in [4.69, 9.17) is 0 Å². The highest BCUT2D eigenvalue weighted by atomic mass is 32.2. The zero-order chi connectivity index (χ0) is 10.8. The Morgan fingerprint density at radius 1 is 1.47 bits per heavy atom. The highest BCUT2D eigenvalue weighted by Gasteiger charge is 2.39. The molecule has 0 aromatic rings. The van der Waals surface area contributed by atoms with Crippen LogP contribution in [0.15, 0.2) is 0 Å². The van der Waals surface area contributed by atoms with Crippen molar-refractivity contribution in [1.29, 1.82) is 0 Å². The van der Waals surface area contributed by atoms with Crippen LogP contribution in [0.4, 0.5) is 0 Å². The Bertz CT molecular complexity index is 241. The molecule has 0 aromatic carbocycles. The van der Waals surface area contributed by atoms with Crippen LogP contribution in [0, 0.1) is 0 Å². The number of thioether (sulfide) groups is 1. The van der Waals surface area contributed by atoms with E-state index in [0.29, 0.717) is 11.9 Å². The van der Waals surface area contributed by atoms with Crippen LogP contribution in [-0.2, 0) is 4.79 Å². The lowest BCUT2D eigenvalue weighted by Crippen LogP contribution is -2.44. The number of carbonyl (C=O) groups is 1. The van der Waals surface area contributed by atoms with Gasteiger partial charge in [0, 0.05) is 6.04 Å². The second-order valence-electron chi connectivity index (χ2n) is 4.39. The maximum absolute atomic E-state index is 12.1. The van der Waals surface area contributed by atoms with Crippen molar-refractivity contribution in [1.82, 2.24) is 10.2 Å². The molecule has 3 nitrogen and oxygen atoms in total. The van der Waals surface area contributed by atoms with Crippen molar-refractivity contribution >= 4 is 17.7 Å². The molecule has 15 heavy (non-hydrogen) atoms. The first-order valence-electron chi connectivity index (χ1n) is 5.90. The van der Waals surface area contributed by atoms with Gasteiger partial charge in [-0.15, -0.1) is 0 Å². The van der Waals surface area contributed by atoms with Gasteiger partial charge in [0.05, 0.1) is 12.2 Å². The van der Waals surface area contributed by atoms with Gasteiger partial charge >= 0.3 is 0 Å². The number of amides is 1. The average molecular weight is 228 g/mol. The highest BCUT2D eigenvalue weighted by molar-refractivity contribution is 7.99. The second-order valence-corrected chi connectivity index (χ2v) is 5.62. The second kappa shape index (κ2) is 4.74. The monoisotopic (exact) mass is 228 g/mol. The van der Waals surface area contributed by atoms with Gasteiger partial charge < -0.3 is 4.90 Å². The molecule has 86 valence electrons. The molecular weight excluding hydrogens is 208 g/mol. The van der Waals surface area contributed by atoms with Gasteiger partial charge in [0.1, 0.15) is 0 Å². The molecule has 0 bridgehead atoms. The fourth-order valence-electron chi connectivity index (χ4n) is 2.57. The first kappa shape index (κ1) is 11.3. The fraction of sp³-hybridized carbons (Fsp3) is 0.909. The molecule has 1 N–H and O–H groups in total. The van der Waals surface area contributed by atoms with Gasteiger partial charge in [-0.25, -0.2) is 0 Å². The molecule has 0 saturated carbocycles. The average Bonchev–Trinajstić information content (AvgIpc) is 2.55. The summed E-state index contributed by atoms with van der Waals surface area (Å²) in [5.74, 6) is 2.73. The number of rotatable bonds is 2. The summed E-state index contributed by atoms with van der Waals surface area (Å²) < 4.78 is 0. The Kier molecular flexibility index (Phi) is 3.57. The SMILES string of the molecule is CCC1NC(C)N(C2CCSCC2)C1=O. The van der Waals surface area contributed by atoms with Crippen LogP contribution in [0.5, 0.6) is 0 Å². The summed E-state index contributed by atoms with van der Waals surface area (Å²) in [4.78, 5) is 14.2. The third-order valence-electron chi connectivity index (χ3n) is 3.40. The first-order chi connectivity index (χ1) is 7.24. The molecule has 0 spiro atoms. The fourth-order valence-corrected chi connectivity index (χ4v) is 3.65. The summed E-state index contributed by atoms with van der Waals surface area (Å²) in [7, 11) is 0. The highest BCUT2D eigenvalue weighted by Crippen LogP contribution is 2.26. The summed E-state index contributed by atoms with van der Waals surface area (Å²) in [6.07, 6.45) is 3.47.